The Kier molecular flexibility index (Phi) is 5.78. The number of hydrogen-bond acceptors (Lipinski definition) is 6. The summed E-state index contributed by atoms with van der Waals surface area (Å²) in [6, 6.07) is 11.0. The van der Waals surface area contributed by atoms with Gasteiger partial charge in [-0.3, -0.25) is 14.9 Å². The van der Waals surface area contributed by atoms with Gasteiger partial charge in [-0.2, -0.15) is 0 Å². The number of methoxy groups -OCH3 is 2. The lowest BCUT2D eigenvalue weighted by Crippen LogP contribution is -2.30. The topological polar surface area (TPSA) is 99.9 Å². The van der Waals surface area contributed by atoms with Gasteiger partial charge in [-0.1, -0.05) is 6.07 Å². The molecule has 0 aliphatic rings. The fourth-order valence-corrected chi connectivity index (χ4v) is 2.06. The molecule has 8 heteroatoms. The van der Waals surface area contributed by atoms with E-state index in [0.29, 0.717) is 17.2 Å². The molecule has 2 aromatic carbocycles. The first-order chi connectivity index (χ1) is 11.9. The summed E-state index contributed by atoms with van der Waals surface area (Å²) in [4.78, 5) is 22.8. The minimum atomic E-state index is -0.946. The van der Waals surface area contributed by atoms with E-state index in [-0.39, 0.29) is 11.4 Å². The molecule has 0 radical (unpaired) electrons. The van der Waals surface area contributed by atoms with Crippen LogP contribution in [0, 0.1) is 10.1 Å². The number of nitrogens with zero attached hydrogens (tertiary/aromatic N) is 1. The summed E-state index contributed by atoms with van der Waals surface area (Å²) in [5, 5.41) is 13.8. The maximum Gasteiger partial charge on any atom is 0.314 e. The van der Waals surface area contributed by atoms with Crippen LogP contribution in [0.1, 0.15) is 6.92 Å². The third-order valence-corrected chi connectivity index (χ3v) is 3.37. The van der Waals surface area contributed by atoms with Crippen molar-refractivity contribution in [1.82, 2.24) is 0 Å². The zero-order valence-corrected chi connectivity index (χ0v) is 14.0. The van der Waals surface area contributed by atoms with Gasteiger partial charge >= 0.3 is 5.69 Å². The Bertz CT molecular complexity index is 777. The summed E-state index contributed by atoms with van der Waals surface area (Å²) in [6.07, 6.45) is -0.946. The predicted octanol–water partition coefficient (Wildman–Crippen LogP) is 3.02. The van der Waals surface area contributed by atoms with Gasteiger partial charge in [-0.15, -0.1) is 0 Å². The van der Waals surface area contributed by atoms with Crippen molar-refractivity contribution in [3.63, 3.8) is 0 Å². The van der Waals surface area contributed by atoms with E-state index in [1.807, 2.05) is 0 Å². The van der Waals surface area contributed by atoms with E-state index in [4.69, 9.17) is 14.2 Å². The molecule has 0 saturated heterocycles. The van der Waals surface area contributed by atoms with Crippen LogP contribution in [0.2, 0.25) is 0 Å². The summed E-state index contributed by atoms with van der Waals surface area (Å²) in [5.41, 5.74) is 0.254. The van der Waals surface area contributed by atoms with Crippen molar-refractivity contribution in [1.29, 1.82) is 0 Å². The zero-order chi connectivity index (χ0) is 18.4. The van der Waals surface area contributed by atoms with Gasteiger partial charge in [0.25, 0.3) is 5.91 Å². The smallest absolute Gasteiger partial charge is 0.314 e. The van der Waals surface area contributed by atoms with E-state index in [9.17, 15) is 14.9 Å². The second kappa shape index (κ2) is 8.00. The Labute approximate surface area is 144 Å². The van der Waals surface area contributed by atoms with E-state index in [1.165, 1.54) is 39.3 Å². The molecular formula is C17H18N2O6. The van der Waals surface area contributed by atoms with Gasteiger partial charge in [0.15, 0.2) is 11.9 Å². The van der Waals surface area contributed by atoms with Gasteiger partial charge in [-0.25, -0.2) is 0 Å². The van der Waals surface area contributed by atoms with E-state index in [2.05, 4.69) is 5.32 Å². The number of nitro benzene ring substituents is 1. The van der Waals surface area contributed by atoms with Crippen molar-refractivity contribution in [3.8, 4) is 17.2 Å². The first-order valence-corrected chi connectivity index (χ1v) is 7.38. The first kappa shape index (κ1) is 18.1. The van der Waals surface area contributed by atoms with Crippen molar-refractivity contribution in [2.75, 3.05) is 19.5 Å². The van der Waals surface area contributed by atoms with Crippen LogP contribution in [0.5, 0.6) is 17.2 Å². The van der Waals surface area contributed by atoms with Crippen LogP contribution in [-0.4, -0.2) is 31.2 Å². The average Bonchev–Trinajstić information content (AvgIpc) is 2.61. The second-order valence-corrected chi connectivity index (χ2v) is 5.07. The number of nitro groups is 1. The predicted molar refractivity (Wildman–Crippen MR) is 91.4 cm³/mol. The molecule has 0 bridgehead atoms. The normalized spacial score (nSPS) is 11.3. The molecule has 0 fully saturated rings. The second-order valence-electron chi connectivity index (χ2n) is 5.07. The highest BCUT2D eigenvalue weighted by atomic mass is 16.6. The maximum atomic E-state index is 12.2. The van der Waals surface area contributed by atoms with Crippen LogP contribution in [0.3, 0.4) is 0 Å². The third-order valence-electron chi connectivity index (χ3n) is 3.37. The molecule has 2 rings (SSSR count). The molecule has 0 saturated carbocycles. The summed E-state index contributed by atoms with van der Waals surface area (Å²) >= 11 is 0. The van der Waals surface area contributed by atoms with E-state index in [1.54, 1.807) is 24.3 Å². The van der Waals surface area contributed by atoms with Crippen LogP contribution >= 0.6 is 0 Å². The zero-order valence-electron chi connectivity index (χ0n) is 14.0. The largest absolute Gasteiger partial charge is 0.497 e. The third kappa shape index (κ3) is 4.60. The number of carbonyl (C=O) groups excluding carboxylic acids is 1. The number of anilines is 1. The summed E-state index contributed by atoms with van der Waals surface area (Å²) in [7, 11) is 2.93. The van der Waals surface area contributed by atoms with Crippen LogP contribution < -0.4 is 19.5 Å². The summed E-state index contributed by atoms with van der Waals surface area (Å²) < 4.78 is 15.5. The molecule has 132 valence electrons. The monoisotopic (exact) mass is 346 g/mol. The Balaban J connectivity index is 2.11. The molecule has 8 nitrogen and oxygen atoms in total. The van der Waals surface area contributed by atoms with Crippen LogP contribution in [0.25, 0.3) is 0 Å². The van der Waals surface area contributed by atoms with Gasteiger partial charge in [-0.05, 0) is 31.2 Å². The molecule has 1 N–H and O–H groups in total. The molecule has 0 aliphatic carbocycles. The standard InChI is InChI=1S/C17H18N2O6/c1-11(17(20)18-12-5-4-6-13(9-12)23-2)25-16-8-7-14(24-3)10-15(16)19(21)22/h4-11H,1-3H3,(H,18,20)/t11-/m0/s1. The minimum Gasteiger partial charge on any atom is -0.497 e. The lowest BCUT2D eigenvalue weighted by Gasteiger charge is -2.15. The van der Waals surface area contributed by atoms with Gasteiger partial charge in [0.1, 0.15) is 11.5 Å². The fourth-order valence-electron chi connectivity index (χ4n) is 2.06. The van der Waals surface area contributed by atoms with Gasteiger partial charge < -0.3 is 19.5 Å². The number of carbonyl (C=O) groups is 1. The molecule has 0 aromatic heterocycles. The SMILES string of the molecule is COc1cccc(NC(=O)[C@H](C)Oc2ccc(OC)cc2[N+](=O)[O-])c1. The van der Waals surface area contributed by atoms with E-state index >= 15 is 0 Å². The number of hydrogen-bond donors (Lipinski definition) is 1. The lowest BCUT2D eigenvalue weighted by atomic mass is 10.2. The Morgan fingerprint density at radius 1 is 1.12 bits per heavy atom. The Morgan fingerprint density at radius 3 is 2.44 bits per heavy atom. The molecule has 25 heavy (non-hydrogen) atoms. The number of rotatable bonds is 7. The molecule has 2 aromatic rings. The minimum absolute atomic E-state index is 0.0147. The maximum absolute atomic E-state index is 12.2. The highest BCUT2D eigenvalue weighted by Gasteiger charge is 2.22. The van der Waals surface area contributed by atoms with Gasteiger partial charge in [0.05, 0.1) is 25.2 Å². The quantitative estimate of drug-likeness (QED) is 0.611. The van der Waals surface area contributed by atoms with Crippen LogP contribution in [0.15, 0.2) is 42.5 Å². The van der Waals surface area contributed by atoms with E-state index < -0.39 is 16.9 Å². The highest BCUT2D eigenvalue weighted by molar-refractivity contribution is 5.94. The summed E-state index contributed by atoms with van der Waals surface area (Å²) in [6.45, 7) is 1.50. The van der Waals surface area contributed by atoms with Crippen molar-refractivity contribution in [2.45, 2.75) is 13.0 Å². The first-order valence-electron chi connectivity index (χ1n) is 7.38. The number of amides is 1. The van der Waals surface area contributed by atoms with Crippen molar-refractivity contribution in [2.24, 2.45) is 0 Å². The molecule has 0 unspecified atom stereocenters. The molecule has 1 amide bonds. The fraction of sp³-hybridized carbons (Fsp3) is 0.235. The molecule has 0 heterocycles. The number of benzene rings is 2. The lowest BCUT2D eigenvalue weighted by molar-refractivity contribution is -0.386. The Hall–Kier alpha value is -3.29. The summed E-state index contributed by atoms with van der Waals surface area (Å²) in [5.74, 6) is 0.460. The van der Waals surface area contributed by atoms with Gasteiger partial charge in [0.2, 0.25) is 0 Å². The van der Waals surface area contributed by atoms with Crippen molar-refractivity contribution in [3.05, 3.63) is 52.6 Å². The molecule has 1 atom stereocenters. The molecule has 0 spiro atoms. The highest BCUT2D eigenvalue weighted by Crippen LogP contribution is 2.31. The van der Waals surface area contributed by atoms with Gasteiger partial charge in [0, 0.05) is 11.8 Å². The number of nitrogens with one attached hydrogen (secondary N) is 1. The Morgan fingerprint density at radius 2 is 1.80 bits per heavy atom. The van der Waals surface area contributed by atoms with Crippen LogP contribution in [-0.2, 0) is 4.79 Å². The van der Waals surface area contributed by atoms with Crippen LogP contribution in [0.4, 0.5) is 11.4 Å². The van der Waals surface area contributed by atoms with Crippen molar-refractivity contribution < 1.29 is 23.9 Å². The van der Waals surface area contributed by atoms with E-state index in [0.717, 1.165) is 0 Å². The number of ether oxygens (including phenoxy) is 3. The molecular weight excluding hydrogens is 328 g/mol. The average molecular weight is 346 g/mol. The van der Waals surface area contributed by atoms with Crippen molar-refractivity contribution >= 4 is 17.3 Å². The molecule has 0 aliphatic heterocycles.